The second kappa shape index (κ2) is 7.01. The molecule has 126 valence electrons. The van der Waals surface area contributed by atoms with Crippen LogP contribution in [-0.2, 0) is 9.47 Å². The number of piperidine rings is 1. The van der Waals surface area contributed by atoms with Crippen LogP contribution >= 0.6 is 0 Å². The molecule has 1 aromatic rings. The number of hydrogen-bond acceptors (Lipinski definition) is 6. The van der Waals surface area contributed by atoms with E-state index in [4.69, 9.17) is 14.5 Å². The summed E-state index contributed by atoms with van der Waals surface area (Å²) in [5.74, 6) is 2.38. The molecule has 1 N–H and O–H groups in total. The van der Waals surface area contributed by atoms with Crippen LogP contribution in [0.2, 0.25) is 0 Å². The van der Waals surface area contributed by atoms with Gasteiger partial charge in [0.1, 0.15) is 5.82 Å². The second-order valence-corrected chi connectivity index (χ2v) is 6.85. The van der Waals surface area contributed by atoms with E-state index < -0.39 is 0 Å². The van der Waals surface area contributed by atoms with Crippen molar-refractivity contribution in [2.45, 2.75) is 44.2 Å². The molecule has 3 fully saturated rings. The van der Waals surface area contributed by atoms with Crippen LogP contribution in [0.15, 0.2) is 12.3 Å². The Bertz CT molecular complexity index is 521. The van der Waals surface area contributed by atoms with Gasteiger partial charge in [0.2, 0.25) is 5.95 Å². The first-order valence-electron chi connectivity index (χ1n) is 8.92. The number of nitrogens with one attached hydrogen (secondary N) is 1. The fourth-order valence-electron chi connectivity index (χ4n) is 3.91. The maximum Gasteiger partial charge on any atom is 0.227 e. The first kappa shape index (κ1) is 15.1. The Morgan fingerprint density at radius 2 is 2.13 bits per heavy atom. The maximum absolute atomic E-state index is 5.90. The molecule has 0 bridgehead atoms. The quantitative estimate of drug-likeness (QED) is 0.921. The standard InChI is InChI=1S/C17H26N4O2/c1-3-13-11-21(8-6-15(13)23-10-1)17-18-7-5-16(20-17)19-14-4-2-9-22-12-14/h5,7,13-15H,1-4,6,8-12H2,(H,18,19,20)/t13-,14+,15-/m0/s1. The molecule has 1 aromatic heterocycles. The van der Waals surface area contributed by atoms with Gasteiger partial charge in [-0.2, -0.15) is 4.98 Å². The van der Waals surface area contributed by atoms with Gasteiger partial charge in [0, 0.05) is 38.4 Å². The van der Waals surface area contributed by atoms with Crippen molar-refractivity contribution in [2.75, 3.05) is 43.1 Å². The lowest BCUT2D eigenvalue weighted by molar-refractivity contribution is -0.0359. The van der Waals surface area contributed by atoms with Gasteiger partial charge in [0.15, 0.2) is 0 Å². The zero-order chi connectivity index (χ0) is 15.5. The van der Waals surface area contributed by atoms with Gasteiger partial charge in [-0.25, -0.2) is 4.98 Å². The number of ether oxygens (including phenoxy) is 2. The number of anilines is 2. The van der Waals surface area contributed by atoms with Gasteiger partial charge < -0.3 is 19.7 Å². The number of nitrogens with zero attached hydrogens (tertiary/aromatic N) is 3. The minimum atomic E-state index is 0.365. The predicted molar refractivity (Wildman–Crippen MR) is 88.8 cm³/mol. The normalized spacial score (nSPS) is 31.5. The highest BCUT2D eigenvalue weighted by Crippen LogP contribution is 2.30. The van der Waals surface area contributed by atoms with Crippen molar-refractivity contribution in [1.29, 1.82) is 0 Å². The van der Waals surface area contributed by atoms with E-state index in [1.54, 1.807) is 0 Å². The minimum Gasteiger partial charge on any atom is -0.379 e. The molecule has 0 radical (unpaired) electrons. The summed E-state index contributed by atoms with van der Waals surface area (Å²) in [6.07, 6.45) is 8.09. The number of fused-ring (bicyclic) bond motifs is 1. The van der Waals surface area contributed by atoms with E-state index in [1.807, 2.05) is 12.3 Å². The fraction of sp³-hybridized carbons (Fsp3) is 0.765. The van der Waals surface area contributed by atoms with Gasteiger partial charge in [-0.05, 0) is 38.2 Å². The highest BCUT2D eigenvalue weighted by molar-refractivity contribution is 5.42. The highest BCUT2D eigenvalue weighted by atomic mass is 16.5. The van der Waals surface area contributed by atoms with E-state index in [0.717, 1.165) is 63.9 Å². The van der Waals surface area contributed by atoms with E-state index in [0.29, 0.717) is 18.1 Å². The molecular formula is C17H26N4O2. The molecule has 3 aliphatic rings. The van der Waals surface area contributed by atoms with Gasteiger partial charge in [0.25, 0.3) is 0 Å². The van der Waals surface area contributed by atoms with E-state index >= 15 is 0 Å². The van der Waals surface area contributed by atoms with Crippen molar-refractivity contribution >= 4 is 11.8 Å². The van der Waals surface area contributed by atoms with Crippen molar-refractivity contribution in [2.24, 2.45) is 5.92 Å². The lowest BCUT2D eigenvalue weighted by Crippen LogP contribution is -2.47. The van der Waals surface area contributed by atoms with Gasteiger partial charge >= 0.3 is 0 Å². The van der Waals surface area contributed by atoms with Crippen molar-refractivity contribution in [3.05, 3.63) is 12.3 Å². The molecule has 4 rings (SSSR count). The van der Waals surface area contributed by atoms with Crippen LogP contribution in [-0.4, -0.2) is 55.0 Å². The van der Waals surface area contributed by atoms with E-state index in [9.17, 15) is 0 Å². The van der Waals surface area contributed by atoms with Gasteiger partial charge in [0.05, 0.1) is 18.8 Å². The zero-order valence-corrected chi connectivity index (χ0v) is 13.6. The molecule has 0 aromatic carbocycles. The van der Waals surface area contributed by atoms with Crippen LogP contribution in [0, 0.1) is 5.92 Å². The summed E-state index contributed by atoms with van der Waals surface area (Å²) >= 11 is 0. The average molecular weight is 318 g/mol. The largest absolute Gasteiger partial charge is 0.379 e. The summed E-state index contributed by atoms with van der Waals surface area (Å²) in [6.45, 7) is 4.58. The molecule has 3 atom stereocenters. The molecule has 0 unspecified atom stereocenters. The maximum atomic E-state index is 5.90. The molecule has 3 saturated heterocycles. The SMILES string of the molecule is c1cc(N[C@@H]2CCCOC2)nc(N2CC[C@@H]3OCCC[C@H]3C2)n1. The van der Waals surface area contributed by atoms with Gasteiger partial charge in [-0.1, -0.05) is 0 Å². The van der Waals surface area contributed by atoms with Gasteiger partial charge in [-0.3, -0.25) is 0 Å². The summed E-state index contributed by atoms with van der Waals surface area (Å²) in [7, 11) is 0. The molecule has 23 heavy (non-hydrogen) atoms. The number of hydrogen-bond donors (Lipinski definition) is 1. The van der Waals surface area contributed by atoms with Crippen LogP contribution in [0.25, 0.3) is 0 Å². The molecular weight excluding hydrogens is 292 g/mol. The molecule has 0 saturated carbocycles. The molecule has 0 spiro atoms. The Labute approximate surface area is 137 Å². The summed E-state index contributed by atoms with van der Waals surface area (Å²) in [5.41, 5.74) is 0. The summed E-state index contributed by atoms with van der Waals surface area (Å²) < 4.78 is 11.4. The first-order valence-corrected chi connectivity index (χ1v) is 8.92. The van der Waals surface area contributed by atoms with Gasteiger partial charge in [-0.15, -0.1) is 0 Å². The Morgan fingerprint density at radius 1 is 1.17 bits per heavy atom. The Hall–Kier alpha value is -1.40. The Morgan fingerprint density at radius 3 is 3.04 bits per heavy atom. The monoisotopic (exact) mass is 318 g/mol. The van der Waals surface area contributed by atoms with Crippen LogP contribution in [0.4, 0.5) is 11.8 Å². The van der Waals surface area contributed by atoms with Crippen molar-refractivity contribution in [3.63, 3.8) is 0 Å². The van der Waals surface area contributed by atoms with Crippen LogP contribution < -0.4 is 10.2 Å². The average Bonchev–Trinajstić information content (AvgIpc) is 2.62. The van der Waals surface area contributed by atoms with Crippen LogP contribution in [0.1, 0.15) is 32.1 Å². The number of rotatable bonds is 3. The lowest BCUT2D eigenvalue weighted by Gasteiger charge is -2.41. The van der Waals surface area contributed by atoms with Crippen LogP contribution in [0.3, 0.4) is 0 Å². The summed E-state index contributed by atoms with van der Waals surface area (Å²) in [6, 6.07) is 2.32. The Balaban J connectivity index is 1.41. The molecule has 0 aliphatic carbocycles. The molecule has 6 nitrogen and oxygen atoms in total. The molecule has 4 heterocycles. The smallest absolute Gasteiger partial charge is 0.227 e. The Kier molecular flexibility index (Phi) is 4.62. The zero-order valence-electron chi connectivity index (χ0n) is 13.6. The topological polar surface area (TPSA) is 59.5 Å². The minimum absolute atomic E-state index is 0.365. The van der Waals surface area contributed by atoms with E-state index in [2.05, 4.69) is 15.2 Å². The molecule has 6 heteroatoms. The predicted octanol–water partition coefficient (Wildman–Crippen LogP) is 2.07. The van der Waals surface area contributed by atoms with Crippen molar-refractivity contribution in [3.8, 4) is 0 Å². The number of aromatic nitrogens is 2. The second-order valence-electron chi connectivity index (χ2n) is 6.85. The summed E-state index contributed by atoms with van der Waals surface area (Å²) in [5, 5.41) is 3.49. The lowest BCUT2D eigenvalue weighted by atomic mass is 9.89. The first-order chi connectivity index (χ1) is 11.4. The molecule has 0 amide bonds. The third kappa shape index (κ3) is 3.58. The molecule has 3 aliphatic heterocycles. The van der Waals surface area contributed by atoms with E-state index in [-0.39, 0.29) is 0 Å². The third-order valence-corrected chi connectivity index (χ3v) is 5.15. The third-order valence-electron chi connectivity index (χ3n) is 5.15. The highest BCUT2D eigenvalue weighted by Gasteiger charge is 2.33. The fourth-order valence-corrected chi connectivity index (χ4v) is 3.91. The summed E-state index contributed by atoms with van der Waals surface area (Å²) in [4.78, 5) is 11.5. The van der Waals surface area contributed by atoms with E-state index in [1.165, 1.54) is 12.8 Å². The van der Waals surface area contributed by atoms with Crippen LogP contribution in [0.5, 0.6) is 0 Å². The van der Waals surface area contributed by atoms with Crippen molar-refractivity contribution < 1.29 is 9.47 Å². The van der Waals surface area contributed by atoms with Crippen molar-refractivity contribution in [1.82, 2.24) is 9.97 Å².